The van der Waals surface area contributed by atoms with Gasteiger partial charge in [0, 0.05) is 11.8 Å². The number of hydrogen-bond donors (Lipinski definition) is 1. The van der Waals surface area contributed by atoms with E-state index in [0.717, 1.165) is 38.0 Å². The lowest BCUT2D eigenvalue weighted by Crippen LogP contribution is -2.35. The minimum atomic E-state index is -0.673. The van der Waals surface area contributed by atoms with Crippen LogP contribution in [0.25, 0.3) is 0 Å². The fraction of sp³-hybridized carbons (Fsp3) is 0.692. The highest BCUT2D eigenvalue weighted by atomic mass is 32.1. The van der Waals surface area contributed by atoms with Crippen LogP contribution in [0, 0.1) is 5.92 Å². The zero-order valence-electron chi connectivity index (χ0n) is 10.7. The highest BCUT2D eigenvalue weighted by Crippen LogP contribution is 2.28. The molecule has 1 aliphatic heterocycles. The van der Waals surface area contributed by atoms with Crippen LogP contribution in [0.3, 0.4) is 0 Å². The number of carbonyl (C=O) groups is 1. The topological polar surface area (TPSA) is 53.4 Å². The van der Waals surface area contributed by atoms with Gasteiger partial charge in [-0.2, -0.15) is 0 Å². The lowest BCUT2D eigenvalue weighted by Gasteiger charge is -2.35. The maximum absolute atomic E-state index is 10.6. The maximum Gasteiger partial charge on any atom is 0.303 e. The van der Waals surface area contributed by atoms with Gasteiger partial charge >= 0.3 is 5.97 Å². The molecule has 1 N–H and O–H groups in total. The summed E-state index contributed by atoms with van der Waals surface area (Å²) in [7, 11) is 0. The molecule has 1 fully saturated rings. The lowest BCUT2D eigenvalue weighted by atomic mass is 9.91. The fourth-order valence-electron chi connectivity index (χ4n) is 2.57. The molecule has 0 amide bonds. The number of aliphatic carboxylic acids is 1. The van der Waals surface area contributed by atoms with Crippen molar-refractivity contribution in [3.05, 3.63) is 16.6 Å². The molecular weight excluding hydrogens is 248 g/mol. The molecule has 1 aliphatic rings. The number of carboxylic acids is 1. The Balaban J connectivity index is 1.78. The second-order valence-electron chi connectivity index (χ2n) is 5.00. The summed E-state index contributed by atoms with van der Waals surface area (Å²) in [4.78, 5) is 17.4. The van der Waals surface area contributed by atoms with Crippen LogP contribution in [0.5, 0.6) is 0 Å². The maximum atomic E-state index is 10.6. The Morgan fingerprint density at radius 3 is 2.89 bits per heavy atom. The Hall–Kier alpha value is -0.940. The van der Waals surface area contributed by atoms with Crippen LogP contribution in [0.2, 0.25) is 0 Å². The molecule has 0 radical (unpaired) electrons. The van der Waals surface area contributed by atoms with Crippen LogP contribution in [0.4, 0.5) is 0 Å². The fourth-order valence-corrected chi connectivity index (χ4v) is 3.21. The second kappa shape index (κ2) is 6.29. The average Bonchev–Trinajstić information content (AvgIpc) is 2.90. The van der Waals surface area contributed by atoms with Gasteiger partial charge in [-0.3, -0.25) is 9.69 Å². The number of thiazole rings is 1. The molecule has 2 heterocycles. The van der Waals surface area contributed by atoms with Gasteiger partial charge in [0.2, 0.25) is 0 Å². The normalized spacial score (nSPS) is 19.8. The van der Waals surface area contributed by atoms with Gasteiger partial charge in [-0.05, 0) is 45.2 Å². The molecule has 18 heavy (non-hydrogen) atoms. The van der Waals surface area contributed by atoms with E-state index in [1.807, 2.05) is 5.51 Å². The van der Waals surface area contributed by atoms with Crippen molar-refractivity contribution in [3.8, 4) is 0 Å². The van der Waals surface area contributed by atoms with Crippen molar-refractivity contribution in [2.75, 3.05) is 13.1 Å². The molecule has 0 spiro atoms. The number of carboxylic acid groups (broad SMARTS) is 1. The van der Waals surface area contributed by atoms with Crippen LogP contribution in [0.15, 0.2) is 10.9 Å². The summed E-state index contributed by atoms with van der Waals surface area (Å²) in [6.07, 6.45) is 3.37. The summed E-state index contributed by atoms with van der Waals surface area (Å²) >= 11 is 1.64. The lowest BCUT2D eigenvalue weighted by molar-refractivity contribution is -0.137. The molecular formula is C13H20N2O2S. The summed E-state index contributed by atoms with van der Waals surface area (Å²) in [6.45, 7) is 4.32. The molecule has 1 saturated heterocycles. The second-order valence-corrected chi connectivity index (χ2v) is 5.72. The largest absolute Gasteiger partial charge is 0.481 e. The standard InChI is InChI=1S/C13H20N2O2S/c1-10(12-8-18-9-14-12)15-6-4-11(5-7-15)2-3-13(16)17/h8-11H,2-7H2,1H3,(H,16,17). The van der Waals surface area contributed by atoms with Crippen LogP contribution in [-0.4, -0.2) is 34.0 Å². The minimum absolute atomic E-state index is 0.312. The van der Waals surface area contributed by atoms with E-state index in [9.17, 15) is 4.79 Å². The Kier molecular flexibility index (Phi) is 4.72. The van der Waals surface area contributed by atoms with Gasteiger partial charge in [0.25, 0.3) is 0 Å². The smallest absolute Gasteiger partial charge is 0.303 e. The first-order valence-electron chi connectivity index (χ1n) is 6.50. The average molecular weight is 268 g/mol. The van der Waals surface area contributed by atoms with Crippen LogP contribution in [-0.2, 0) is 4.79 Å². The highest BCUT2D eigenvalue weighted by Gasteiger charge is 2.24. The third-order valence-corrected chi connectivity index (χ3v) is 4.45. The van der Waals surface area contributed by atoms with Crippen molar-refractivity contribution in [1.82, 2.24) is 9.88 Å². The number of aromatic nitrogens is 1. The zero-order valence-corrected chi connectivity index (χ0v) is 11.5. The number of rotatable bonds is 5. The first-order valence-corrected chi connectivity index (χ1v) is 7.45. The summed E-state index contributed by atoms with van der Waals surface area (Å²) < 4.78 is 0. The Bertz CT molecular complexity index is 372. The molecule has 0 saturated carbocycles. The Morgan fingerprint density at radius 2 is 2.33 bits per heavy atom. The predicted molar refractivity (Wildman–Crippen MR) is 71.7 cm³/mol. The molecule has 1 aromatic rings. The van der Waals surface area contributed by atoms with Gasteiger partial charge in [0.1, 0.15) is 0 Å². The van der Waals surface area contributed by atoms with Crippen molar-refractivity contribution in [2.24, 2.45) is 5.92 Å². The summed E-state index contributed by atoms with van der Waals surface area (Å²) in [5, 5.41) is 10.8. The van der Waals surface area contributed by atoms with E-state index in [1.165, 1.54) is 0 Å². The van der Waals surface area contributed by atoms with Gasteiger partial charge in [-0.25, -0.2) is 4.98 Å². The number of piperidine rings is 1. The van der Waals surface area contributed by atoms with Crippen molar-refractivity contribution in [3.63, 3.8) is 0 Å². The number of hydrogen-bond acceptors (Lipinski definition) is 4. The third-order valence-electron chi connectivity index (χ3n) is 3.84. The van der Waals surface area contributed by atoms with E-state index in [1.54, 1.807) is 11.3 Å². The van der Waals surface area contributed by atoms with E-state index in [-0.39, 0.29) is 0 Å². The van der Waals surface area contributed by atoms with Crippen molar-refractivity contribution in [1.29, 1.82) is 0 Å². The van der Waals surface area contributed by atoms with Gasteiger partial charge in [0.05, 0.1) is 17.2 Å². The first-order chi connectivity index (χ1) is 8.66. The molecule has 100 valence electrons. The van der Waals surface area contributed by atoms with Crippen LogP contribution < -0.4 is 0 Å². The third kappa shape index (κ3) is 3.53. The van der Waals surface area contributed by atoms with E-state index < -0.39 is 5.97 Å². The van der Waals surface area contributed by atoms with E-state index in [0.29, 0.717) is 18.4 Å². The Morgan fingerprint density at radius 1 is 1.61 bits per heavy atom. The van der Waals surface area contributed by atoms with Gasteiger partial charge < -0.3 is 5.11 Å². The zero-order chi connectivity index (χ0) is 13.0. The van der Waals surface area contributed by atoms with Crippen molar-refractivity contribution >= 4 is 17.3 Å². The van der Waals surface area contributed by atoms with E-state index in [4.69, 9.17) is 5.11 Å². The predicted octanol–water partition coefficient (Wildman–Crippen LogP) is 2.78. The van der Waals surface area contributed by atoms with E-state index >= 15 is 0 Å². The summed E-state index contributed by atoms with van der Waals surface area (Å²) in [6, 6.07) is 0.386. The molecule has 1 atom stereocenters. The quantitative estimate of drug-likeness (QED) is 0.892. The van der Waals surface area contributed by atoms with Crippen LogP contribution in [0.1, 0.15) is 44.3 Å². The van der Waals surface area contributed by atoms with Gasteiger partial charge in [-0.1, -0.05) is 0 Å². The molecule has 5 heteroatoms. The molecule has 2 rings (SSSR count). The summed E-state index contributed by atoms with van der Waals surface area (Å²) in [5.74, 6) is -0.0896. The SMILES string of the molecule is CC(c1cscn1)N1CCC(CCC(=O)O)CC1. The highest BCUT2D eigenvalue weighted by molar-refractivity contribution is 7.07. The van der Waals surface area contributed by atoms with Gasteiger partial charge in [-0.15, -0.1) is 11.3 Å². The summed E-state index contributed by atoms with van der Waals surface area (Å²) in [5.41, 5.74) is 3.04. The van der Waals surface area contributed by atoms with Crippen molar-refractivity contribution < 1.29 is 9.90 Å². The number of nitrogens with zero attached hydrogens (tertiary/aromatic N) is 2. The Labute approximate surface area is 112 Å². The van der Waals surface area contributed by atoms with Crippen molar-refractivity contribution in [2.45, 2.75) is 38.6 Å². The first kappa shape index (κ1) is 13.5. The number of likely N-dealkylation sites (tertiary alicyclic amines) is 1. The van der Waals surface area contributed by atoms with Gasteiger partial charge in [0.15, 0.2) is 0 Å². The monoisotopic (exact) mass is 268 g/mol. The molecule has 0 bridgehead atoms. The molecule has 0 aromatic carbocycles. The minimum Gasteiger partial charge on any atom is -0.481 e. The molecule has 1 aromatic heterocycles. The van der Waals surface area contributed by atoms with E-state index in [2.05, 4.69) is 22.2 Å². The van der Waals surface area contributed by atoms with Crippen LogP contribution >= 0.6 is 11.3 Å². The molecule has 1 unspecified atom stereocenters. The molecule has 4 nitrogen and oxygen atoms in total. The molecule has 0 aliphatic carbocycles.